The molecular weight excluding hydrogens is 426 g/mol. The second-order valence-corrected chi connectivity index (χ2v) is 9.12. The van der Waals surface area contributed by atoms with Crippen LogP contribution in [0.1, 0.15) is 16.7 Å². The highest BCUT2D eigenvalue weighted by Gasteiger charge is 2.21. The Hall–Kier alpha value is -3.16. The maximum atomic E-state index is 12.9. The smallest absolute Gasteiger partial charge is 0.310 e. The van der Waals surface area contributed by atoms with Gasteiger partial charge in [-0.05, 0) is 35.2 Å². The Morgan fingerprint density at radius 1 is 0.844 bits per heavy atom. The van der Waals surface area contributed by atoms with Crippen LogP contribution in [0, 0.1) is 5.92 Å². The number of esters is 1. The number of rotatable bonds is 11. The number of nitrogens with one attached hydrogen (secondary N) is 1. The number of carbonyl (C=O) groups excluding carboxylic acids is 1. The van der Waals surface area contributed by atoms with Crippen LogP contribution in [0.4, 0.5) is 0 Å². The molecule has 3 rings (SSSR count). The highest BCUT2D eigenvalue weighted by atomic mass is 32.2. The van der Waals surface area contributed by atoms with Crippen molar-refractivity contribution in [2.24, 2.45) is 5.92 Å². The first-order chi connectivity index (χ1) is 15.4. The largest absolute Gasteiger partial charge is 0.461 e. The number of hydrogen-bond donors (Lipinski definition) is 1. The van der Waals surface area contributed by atoms with E-state index < -0.39 is 16.0 Å². The Kier molecular flexibility index (Phi) is 8.41. The molecule has 0 fully saturated rings. The van der Waals surface area contributed by atoms with Gasteiger partial charge in [-0.1, -0.05) is 72.8 Å². The average molecular weight is 454 g/mol. The first kappa shape index (κ1) is 23.5. The molecule has 1 unspecified atom stereocenters. The zero-order valence-electron chi connectivity index (χ0n) is 17.9. The molecule has 0 aromatic heterocycles. The van der Waals surface area contributed by atoms with E-state index in [0.29, 0.717) is 19.5 Å². The molecule has 1 N–H and O–H groups in total. The van der Waals surface area contributed by atoms with E-state index in [9.17, 15) is 13.2 Å². The lowest BCUT2D eigenvalue weighted by molar-refractivity contribution is -0.149. The lowest BCUT2D eigenvalue weighted by Crippen LogP contribution is -2.31. The molecule has 1 atom stereocenters. The van der Waals surface area contributed by atoms with Crippen LogP contribution in [0.25, 0.3) is 0 Å². The van der Waals surface area contributed by atoms with Crippen LogP contribution in [0.3, 0.4) is 0 Å². The SMILES string of the molecule is CS(=O)(=O)Oc1ccc(CC(CNCc2ccccc2)C(=O)OCc2ccccc2)cc1. The first-order valence-electron chi connectivity index (χ1n) is 10.3. The molecule has 6 nitrogen and oxygen atoms in total. The van der Waals surface area contributed by atoms with Crippen LogP contribution in [0.2, 0.25) is 0 Å². The zero-order chi connectivity index (χ0) is 22.8. The standard InChI is InChI=1S/C25H27NO5S/c1-32(28,29)31-24-14-12-20(13-15-24)16-23(18-26-17-21-8-4-2-5-9-21)25(27)30-19-22-10-6-3-7-11-22/h2-15,23,26H,16-19H2,1H3. The van der Waals surface area contributed by atoms with Crippen molar-refractivity contribution >= 4 is 16.1 Å². The normalized spacial score (nSPS) is 12.2. The van der Waals surface area contributed by atoms with Gasteiger partial charge in [0.15, 0.2) is 0 Å². The Bertz CT molecular complexity index is 1080. The molecule has 0 amide bonds. The Labute approximate surface area is 189 Å². The molecule has 0 heterocycles. The van der Waals surface area contributed by atoms with Crippen LogP contribution in [-0.2, 0) is 39.2 Å². The van der Waals surface area contributed by atoms with Gasteiger partial charge in [-0.25, -0.2) is 0 Å². The second kappa shape index (κ2) is 11.5. The molecule has 3 aromatic carbocycles. The van der Waals surface area contributed by atoms with E-state index in [-0.39, 0.29) is 18.3 Å². The van der Waals surface area contributed by atoms with E-state index in [4.69, 9.17) is 8.92 Å². The summed E-state index contributed by atoms with van der Waals surface area (Å²) in [5.41, 5.74) is 2.94. The fourth-order valence-corrected chi connectivity index (χ4v) is 3.67. The monoisotopic (exact) mass is 453 g/mol. The summed E-state index contributed by atoms with van der Waals surface area (Å²) < 4.78 is 33.0. The van der Waals surface area contributed by atoms with Crippen LogP contribution < -0.4 is 9.50 Å². The van der Waals surface area contributed by atoms with Crippen molar-refractivity contribution in [2.75, 3.05) is 12.8 Å². The third-order valence-corrected chi connectivity index (χ3v) is 5.27. The summed E-state index contributed by atoms with van der Waals surface area (Å²) in [6.07, 6.45) is 1.45. The molecule has 0 saturated heterocycles. The predicted molar refractivity (Wildman–Crippen MR) is 123 cm³/mol. The van der Waals surface area contributed by atoms with E-state index >= 15 is 0 Å². The van der Waals surface area contributed by atoms with Gasteiger partial charge in [-0.2, -0.15) is 8.42 Å². The van der Waals surface area contributed by atoms with Crippen LogP contribution >= 0.6 is 0 Å². The maximum Gasteiger partial charge on any atom is 0.310 e. The predicted octanol–water partition coefficient (Wildman–Crippen LogP) is 3.72. The second-order valence-electron chi connectivity index (χ2n) is 7.54. The van der Waals surface area contributed by atoms with Crippen molar-refractivity contribution in [3.63, 3.8) is 0 Å². The molecule has 0 spiro atoms. The van der Waals surface area contributed by atoms with Crippen LogP contribution in [-0.4, -0.2) is 27.2 Å². The van der Waals surface area contributed by atoms with Crippen LogP contribution in [0.15, 0.2) is 84.9 Å². The molecule has 0 radical (unpaired) electrons. The van der Waals surface area contributed by atoms with Gasteiger partial charge < -0.3 is 14.2 Å². The fraction of sp³-hybridized carbons (Fsp3) is 0.240. The third-order valence-electron chi connectivity index (χ3n) is 4.77. The lowest BCUT2D eigenvalue weighted by atomic mass is 9.99. The van der Waals surface area contributed by atoms with E-state index in [2.05, 4.69) is 5.32 Å². The molecular formula is C25H27NO5S. The van der Waals surface area contributed by atoms with Crippen molar-refractivity contribution in [1.29, 1.82) is 0 Å². The lowest BCUT2D eigenvalue weighted by Gasteiger charge is -2.17. The quantitative estimate of drug-likeness (QED) is 0.352. The maximum absolute atomic E-state index is 12.9. The third kappa shape index (κ3) is 8.17. The summed E-state index contributed by atoms with van der Waals surface area (Å²) in [5, 5.41) is 3.34. The van der Waals surface area contributed by atoms with Gasteiger partial charge in [-0.3, -0.25) is 4.79 Å². The van der Waals surface area contributed by atoms with Gasteiger partial charge >= 0.3 is 16.1 Å². The summed E-state index contributed by atoms with van der Waals surface area (Å²) in [5.74, 6) is -0.448. The minimum atomic E-state index is -3.58. The van der Waals surface area contributed by atoms with Gasteiger partial charge in [0.1, 0.15) is 12.4 Å². The molecule has 0 bridgehead atoms. The summed E-state index contributed by atoms with van der Waals surface area (Å²) >= 11 is 0. The van der Waals surface area contributed by atoms with Gasteiger partial charge in [0.05, 0.1) is 12.2 Å². The van der Waals surface area contributed by atoms with Gasteiger partial charge in [0.25, 0.3) is 0 Å². The summed E-state index contributed by atoms with van der Waals surface area (Å²) in [7, 11) is -3.58. The first-order valence-corrected chi connectivity index (χ1v) is 12.1. The topological polar surface area (TPSA) is 81.7 Å². The van der Waals surface area contributed by atoms with Gasteiger partial charge in [0, 0.05) is 13.1 Å². The van der Waals surface area contributed by atoms with Gasteiger partial charge in [-0.15, -0.1) is 0 Å². The fourth-order valence-electron chi connectivity index (χ4n) is 3.21. The van der Waals surface area contributed by atoms with E-state index in [1.165, 1.54) is 0 Å². The van der Waals surface area contributed by atoms with Gasteiger partial charge in [0.2, 0.25) is 0 Å². The Morgan fingerprint density at radius 2 is 1.44 bits per heavy atom. The van der Waals surface area contributed by atoms with Crippen LogP contribution in [0.5, 0.6) is 5.75 Å². The summed E-state index contributed by atoms with van der Waals surface area (Å²) in [6, 6.07) is 26.2. The minimum absolute atomic E-state index is 0.218. The summed E-state index contributed by atoms with van der Waals surface area (Å²) in [6.45, 7) is 1.31. The average Bonchev–Trinajstić information content (AvgIpc) is 2.78. The van der Waals surface area contributed by atoms with E-state index in [1.54, 1.807) is 24.3 Å². The molecule has 0 saturated carbocycles. The molecule has 0 aliphatic carbocycles. The molecule has 0 aliphatic heterocycles. The van der Waals surface area contributed by atoms with E-state index in [1.807, 2.05) is 60.7 Å². The van der Waals surface area contributed by atoms with Crippen molar-refractivity contribution in [2.45, 2.75) is 19.6 Å². The number of benzene rings is 3. The molecule has 168 valence electrons. The number of ether oxygens (including phenoxy) is 1. The van der Waals surface area contributed by atoms with Crippen molar-refractivity contribution in [3.8, 4) is 5.75 Å². The zero-order valence-corrected chi connectivity index (χ0v) is 18.8. The molecule has 3 aromatic rings. The summed E-state index contributed by atoms with van der Waals surface area (Å²) in [4.78, 5) is 12.9. The van der Waals surface area contributed by atoms with E-state index in [0.717, 1.165) is 22.9 Å². The molecule has 7 heteroatoms. The van der Waals surface area contributed by atoms with Crippen molar-refractivity contribution in [1.82, 2.24) is 5.32 Å². The van der Waals surface area contributed by atoms with Crippen molar-refractivity contribution in [3.05, 3.63) is 102 Å². The number of carbonyl (C=O) groups is 1. The Balaban J connectivity index is 1.63. The van der Waals surface area contributed by atoms with Crippen molar-refractivity contribution < 1.29 is 22.1 Å². The minimum Gasteiger partial charge on any atom is -0.461 e. The number of hydrogen-bond acceptors (Lipinski definition) is 6. The molecule has 32 heavy (non-hydrogen) atoms. The molecule has 0 aliphatic rings. The Morgan fingerprint density at radius 3 is 2.03 bits per heavy atom. The highest BCUT2D eigenvalue weighted by Crippen LogP contribution is 2.18. The highest BCUT2D eigenvalue weighted by molar-refractivity contribution is 7.86.